The van der Waals surface area contributed by atoms with Gasteiger partial charge in [0.1, 0.15) is 0 Å². The molecule has 1 aromatic heterocycles. The Kier molecular flexibility index (Phi) is 3.34. The lowest BCUT2D eigenvalue weighted by Gasteiger charge is -2.13. The SMILES string of the molecule is Cc1ccccc1-c1ccncc1-c1ccccc1C. The van der Waals surface area contributed by atoms with Crippen LogP contribution in [0.5, 0.6) is 0 Å². The first-order chi connectivity index (χ1) is 9.77. The monoisotopic (exact) mass is 259 g/mol. The van der Waals surface area contributed by atoms with E-state index in [0.29, 0.717) is 0 Å². The Bertz CT molecular complexity index is 680. The summed E-state index contributed by atoms with van der Waals surface area (Å²) in [4.78, 5) is 4.32. The minimum atomic E-state index is 1.19. The maximum atomic E-state index is 4.32. The molecular formula is C19H17N. The Balaban J connectivity index is 2.25. The van der Waals surface area contributed by atoms with Crippen LogP contribution in [-0.2, 0) is 0 Å². The van der Waals surface area contributed by atoms with Crippen molar-refractivity contribution in [2.45, 2.75) is 13.8 Å². The van der Waals surface area contributed by atoms with E-state index in [4.69, 9.17) is 0 Å². The maximum Gasteiger partial charge on any atom is 0.0352 e. The molecule has 0 saturated heterocycles. The van der Waals surface area contributed by atoms with Crippen molar-refractivity contribution in [1.82, 2.24) is 4.98 Å². The molecule has 0 N–H and O–H groups in total. The molecule has 0 unspecified atom stereocenters. The van der Waals surface area contributed by atoms with E-state index in [1.807, 2.05) is 12.4 Å². The predicted molar refractivity (Wildman–Crippen MR) is 84.6 cm³/mol. The molecule has 0 aliphatic rings. The number of rotatable bonds is 2. The van der Waals surface area contributed by atoms with Crippen molar-refractivity contribution in [2.75, 3.05) is 0 Å². The predicted octanol–water partition coefficient (Wildman–Crippen LogP) is 5.03. The molecule has 0 atom stereocenters. The number of pyridine rings is 1. The number of nitrogens with zero attached hydrogens (tertiary/aromatic N) is 1. The summed E-state index contributed by atoms with van der Waals surface area (Å²) in [5.41, 5.74) is 7.52. The van der Waals surface area contributed by atoms with Crippen molar-refractivity contribution in [2.24, 2.45) is 0 Å². The van der Waals surface area contributed by atoms with Gasteiger partial charge in [0.25, 0.3) is 0 Å². The van der Waals surface area contributed by atoms with Crippen LogP contribution in [0.2, 0.25) is 0 Å². The van der Waals surface area contributed by atoms with Crippen molar-refractivity contribution in [3.05, 3.63) is 78.1 Å². The summed E-state index contributed by atoms with van der Waals surface area (Å²) in [6.45, 7) is 4.29. The molecule has 20 heavy (non-hydrogen) atoms. The second-order valence-corrected chi connectivity index (χ2v) is 5.05. The summed E-state index contributed by atoms with van der Waals surface area (Å²) in [6.07, 6.45) is 3.83. The molecule has 1 heterocycles. The summed E-state index contributed by atoms with van der Waals surface area (Å²) < 4.78 is 0. The van der Waals surface area contributed by atoms with Gasteiger partial charge in [-0.2, -0.15) is 0 Å². The second kappa shape index (κ2) is 5.30. The van der Waals surface area contributed by atoms with Gasteiger partial charge < -0.3 is 0 Å². The Morgan fingerprint density at radius 1 is 0.600 bits per heavy atom. The average molecular weight is 259 g/mol. The van der Waals surface area contributed by atoms with Crippen molar-refractivity contribution in [3.8, 4) is 22.3 Å². The first-order valence-corrected chi connectivity index (χ1v) is 6.83. The lowest BCUT2D eigenvalue weighted by molar-refractivity contribution is 1.31. The number of hydrogen-bond donors (Lipinski definition) is 0. The van der Waals surface area contributed by atoms with Crippen LogP contribution in [0.4, 0.5) is 0 Å². The zero-order valence-corrected chi connectivity index (χ0v) is 11.8. The zero-order chi connectivity index (χ0) is 13.9. The van der Waals surface area contributed by atoms with E-state index in [1.54, 1.807) is 0 Å². The molecule has 0 amide bonds. The van der Waals surface area contributed by atoms with Crippen LogP contribution in [0.15, 0.2) is 67.0 Å². The van der Waals surface area contributed by atoms with Crippen LogP contribution in [0.3, 0.4) is 0 Å². The third-order valence-corrected chi connectivity index (χ3v) is 3.69. The van der Waals surface area contributed by atoms with Crippen molar-refractivity contribution >= 4 is 0 Å². The second-order valence-electron chi connectivity index (χ2n) is 5.05. The van der Waals surface area contributed by atoms with E-state index in [-0.39, 0.29) is 0 Å². The Morgan fingerprint density at radius 2 is 1.15 bits per heavy atom. The molecular weight excluding hydrogens is 242 g/mol. The molecule has 0 spiro atoms. The Hall–Kier alpha value is -2.41. The Labute approximate surface area is 119 Å². The van der Waals surface area contributed by atoms with E-state index in [9.17, 15) is 0 Å². The van der Waals surface area contributed by atoms with Gasteiger partial charge in [0, 0.05) is 18.0 Å². The van der Waals surface area contributed by atoms with Gasteiger partial charge in [-0.3, -0.25) is 4.98 Å². The van der Waals surface area contributed by atoms with Gasteiger partial charge in [0.2, 0.25) is 0 Å². The van der Waals surface area contributed by atoms with Gasteiger partial charge in [-0.15, -0.1) is 0 Å². The summed E-state index contributed by atoms with van der Waals surface area (Å²) in [5, 5.41) is 0. The molecule has 0 aliphatic carbocycles. The Morgan fingerprint density at radius 3 is 1.75 bits per heavy atom. The van der Waals surface area contributed by atoms with E-state index in [1.165, 1.54) is 33.4 Å². The van der Waals surface area contributed by atoms with E-state index < -0.39 is 0 Å². The fourth-order valence-electron chi connectivity index (χ4n) is 2.59. The maximum absolute atomic E-state index is 4.32. The lowest BCUT2D eigenvalue weighted by Crippen LogP contribution is -1.90. The zero-order valence-electron chi connectivity index (χ0n) is 11.8. The van der Waals surface area contributed by atoms with E-state index in [2.05, 4.69) is 73.4 Å². The molecule has 0 radical (unpaired) electrons. The van der Waals surface area contributed by atoms with E-state index in [0.717, 1.165) is 0 Å². The summed E-state index contributed by atoms with van der Waals surface area (Å²) in [6, 6.07) is 19.0. The number of hydrogen-bond acceptors (Lipinski definition) is 1. The standard InChI is InChI=1S/C19H17N/c1-14-7-3-5-9-16(14)18-11-12-20-13-19(18)17-10-6-4-8-15(17)2/h3-13H,1-2H3. The third-order valence-electron chi connectivity index (χ3n) is 3.69. The highest BCUT2D eigenvalue weighted by Crippen LogP contribution is 2.34. The van der Waals surface area contributed by atoms with Crippen molar-refractivity contribution in [3.63, 3.8) is 0 Å². The number of aryl methyl sites for hydroxylation is 2. The fraction of sp³-hybridized carbons (Fsp3) is 0.105. The van der Waals surface area contributed by atoms with Gasteiger partial charge in [-0.05, 0) is 47.7 Å². The molecule has 2 aromatic carbocycles. The molecule has 0 fully saturated rings. The molecule has 3 rings (SSSR count). The van der Waals surface area contributed by atoms with Gasteiger partial charge >= 0.3 is 0 Å². The van der Waals surface area contributed by atoms with Gasteiger partial charge in [-0.25, -0.2) is 0 Å². The number of benzene rings is 2. The van der Waals surface area contributed by atoms with Crippen LogP contribution >= 0.6 is 0 Å². The van der Waals surface area contributed by atoms with Gasteiger partial charge in [0.05, 0.1) is 0 Å². The molecule has 3 aromatic rings. The number of aromatic nitrogens is 1. The lowest BCUT2D eigenvalue weighted by atomic mass is 9.92. The van der Waals surface area contributed by atoms with Crippen molar-refractivity contribution in [1.29, 1.82) is 0 Å². The van der Waals surface area contributed by atoms with Gasteiger partial charge in [-0.1, -0.05) is 48.5 Å². The smallest absolute Gasteiger partial charge is 0.0352 e. The highest BCUT2D eigenvalue weighted by Gasteiger charge is 2.10. The third kappa shape index (κ3) is 2.23. The van der Waals surface area contributed by atoms with Crippen LogP contribution in [-0.4, -0.2) is 4.98 Å². The minimum Gasteiger partial charge on any atom is -0.264 e. The van der Waals surface area contributed by atoms with Crippen LogP contribution < -0.4 is 0 Å². The quantitative estimate of drug-likeness (QED) is 0.628. The largest absolute Gasteiger partial charge is 0.264 e. The molecule has 1 heteroatoms. The molecule has 0 aliphatic heterocycles. The summed E-state index contributed by atoms with van der Waals surface area (Å²) in [5.74, 6) is 0. The molecule has 98 valence electrons. The van der Waals surface area contributed by atoms with Crippen LogP contribution in [0.1, 0.15) is 11.1 Å². The first-order valence-electron chi connectivity index (χ1n) is 6.83. The topological polar surface area (TPSA) is 12.9 Å². The highest BCUT2D eigenvalue weighted by molar-refractivity contribution is 5.85. The molecule has 0 bridgehead atoms. The molecule has 0 saturated carbocycles. The molecule has 1 nitrogen and oxygen atoms in total. The van der Waals surface area contributed by atoms with E-state index >= 15 is 0 Å². The fourth-order valence-corrected chi connectivity index (χ4v) is 2.59. The highest BCUT2D eigenvalue weighted by atomic mass is 14.6. The van der Waals surface area contributed by atoms with Crippen LogP contribution in [0.25, 0.3) is 22.3 Å². The first kappa shape index (κ1) is 12.6. The normalized spacial score (nSPS) is 10.5. The summed E-state index contributed by atoms with van der Waals surface area (Å²) >= 11 is 0. The average Bonchev–Trinajstić information content (AvgIpc) is 2.48. The van der Waals surface area contributed by atoms with Crippen molar-refractivity contribution < 1.29 is 0 Å². The minimum absolute atomic E-state index is 1.19. The van der Waals surface area contributed by atoms with Crippen LogP contribution in [0, 0.1) is 13.8 Å². The van der Waals surface area contributed by atoms with Gasteiger partial charge in [0.15, 0.2) is 0 Å². The summed E-state index contributed by atoms with van der Waals surface area (Å²) in [7, 11) is 0.